The zero-order valence-electron chi connectivity index (χ0n) is 12.0. The molecule has 1 unspecified atom stereocenters. The molecule has 0 amide bonds. The van der Waals surface area contributed by atoms with E-state index in [4.69, 9.17) is 11.0 Å². The van der Waals surface area contributed by atoms with Crippen LogP contribution in [0.4, 0.5) is 0 Å². The van der Waals surface area contributed by atoms with Crippen molar-refractivity contribution in [3.8, 4) is 6.07 Å². The van der Waals surface area contributed by atoms with E-state index in [1.54, 1.807) is 0 Å². The molecular weight excluding hydrogens is 244 g/mol. The highest BCUT2D eigenvalue weighted by molar-refractivity contribution is 5.38. The lowest BCUT2D eigenvalue weighted by Crippen LogP contribution is -2.18. The van der Waals surface area contributed by atoms with E-state index < -0.39 is 0 Å². The van der Waals surface area contributed by atoms with Gasteiger partial charge in [0, 0.05) is 6.04 Å². The lowest BCUT2D eigenvalue weighted by molar-refractivity contribution is 0.511. The Hall–Kier alpha value is -2.11. The largest absolute Gasteiger partial charge is 0.324 e. The van der Waals surface area contributed by atoms with Crippen LogP contribution in [0.25, 0.3) is 0 Å². The van der Waals surface area contributed by atoms with Crippen molar-refractivity contribution in [2.75, 3.05) is 0 Å². The fourth-order valence-electron chi connectivity index (χ4n) is 2.35. The maximum atomic E-state index is 8.97. The third-order valence-electron chi connectivity index (χ3n) is 3.58. The summed E-state index contributed by atoms with van der Waals surface area (Å²) in [4.78, 5) is 0. The van der Waals surface area contributed by atoms with Crippen LogP contribution >= 0.6 is 0 Å². The van der Waals surface area contributed by atoms with Gasteiger partial charge in [0.15, 0.2) is 0 Å². The van der Waals surface area contributed by atoms with E-state index in [2.05, 4.69) is 38.1 Å². The third-order valence-corrected chi connectivity index (χ3v) is 3.58. The third kappa shape index (κ3) is 3.26. The Morgan fingerprint density at radius 3 is 2.55 bits per heavy atom. The van der Waals surface area contributed by atoms with Gasteiger partial charge in [-0.1, -0.05) is 50.2 Å². The first-order chi connectivity index (χ1) is 9.61. The number of nitrogens with zero attached hydrogens (tertiary/aromatic N) is 1. The standard InChI is InChI=1S/C18H20N2/c1-13(2)18(20)17-9-4-3-8-16(17)11-14-6-5-7-15(10-14)12-19/h3-10,13,18H,11,20H2,1-2H3. The van der Waals surface area contributed by atoms with Crippen LogP contribution in [0.5, 0.6) is 0 Å². The van der Waals surface area contributed by atoms with Crippen molar-refractivity contribution in [3.05, 3.63) is 70.8 Å². The second kappa shape index (κ2) is 6.36. The summed E-state index contributed by atoms with van der Waals surface area (Å²) in [5, 5.41) is 8.97. The first kappa shape index (κ1) is 14.3. The molecule has 0 aliphatic heterocycles. The molecule has 0 aliphatic carbocycles. The highest BCUT2D eigenvalue weighted by Gasteiger charge is 2.14. The van der Waals surface area contributed by atoms with Gasteiger partial charge in [0.1, 0.15) is 0 Å². The molecule has 20 heavy (non-hydrogen) atoms. The summed E-state index contributed by atoms with van der Waals surface area (Å²) in [5.74, 6) is 0.404. The number of hydrogen-bond acceptors (Lipinski definition) is 2. The maximum Gasteiger partial charge on any atom is 0.0991 e. The van der Waals surface area contributed by atoms with Crippen molar-refractivity contribution < 1.29 is 0 Å². The fraction of sp³-hybridized carbons (Fsp3) is 0.278. The Bertz CT molecular complexity index is 623. The predicted molar refractivity (Wildman–Crippen MR) is 82.2 cm³/mol. The van der Waals surface area contributed by atoms with E-state index in [9.17, 15) is 0 Å². The Morgan fingerprint density at radius 1 is 1.10 bits per heavy atom. The summed E-state index contributed by atoms with van der Waals surface area (Å²) in [6.07, 6.45) is 0.812. The molecule has 2 nitrogen and oxygen atoms in total. The van der Waals surface area contributed by atoms with E-state index in [1.165, 1.54) is 11.1 Å². The minimum atomic E-state index is 0.0466. The quantitative estimate of drug-likeness (QED) is 0.913. The second-order valence-electron chi connectivity index (χ2n) is 5.46. The first-order valence-corrected chi connectivity index (χ1v) is 6.94. The van der Waals surface area contributed by atoms with Crippen molar-refractivity contribution in [2.45, 2.75) is 26.3 Å². The summed E-state index contributed by atoms with van der Waals surface area (Å²) < 4.78 is 0. The van der Waals surface area contributed by atoms with Gasteiger partial charge in [0.25, 0.3) is 0 Å². The van der Waals surface area contributed by atoms with Gasteiger partial charge in [-0.15, -0.1) is 0 Å². The van der Waals surface area contributed by atoms with Crippen LogP contribution in [0.1, 0.15) is 42.1 Å². The van der Waals surface area contributed by atoms with Crippen molar-refractivity contribution in [2.24, 2.45) is 11.7 Å². The van der Waals surface area contributed by atoms with Crippen molar-refractivity contribution >= 4 is 0 Å². The van der Waals surface area contributed by atoms with Gasteiger partial charge >= 0.3 is 0 Å². The average Bonchev–Trinajstić information content (AvgIpc) is 2.47. The zero-order valence-corrected chi connectivity index (χ0v) is 12.0. The molecule has 2 N–H and O–H groups in total. The lowest BCUT2D eigenvalue weighted by atomic mass is 9.90. The molecule has 2 rings (SSSR count). The van der Waals surface area contributed by atoms with E-state index in [1.807, 2.05) is 30.3 Å². The van der Waals surface area contributed by atoms with Gasteiger partial charge in [-0.05, 0) is 41.2 Å². The van der Waals surface area contributed by atoms with Crippen LogP contribution in [-0.2, 0) is 6.42 Å². The molecule has 0 saturated heterocycles. The van der Waals surface area contributed by atoms with Gasteiger partial charge in [-0.2, -0.15) is 5.26 Å². The Morgan fingerprint density at radius 2 is 1.85 bits per heavy atom. The van der Waals surface area contributed by atoms with Crippen LogP contribution in [-0.4, -0.2) is 0 Å². The minimum Gasteiger partial charge on any atom is -0.324 e. The topological polar surface area (TPSA) is 49.8 Å². The van der Waals surface area contributed by atoms with Gasteiger partial charge in [0.2, 0.25) is 0 Å². The molecule has 0 heterocycles. The van der Waals surface area contributed by atoms with Crippen LogP contribution < -0.4 is 5.73 Å². The maximum absolute atomic E-state index is 8.97. The molecule has 1 atom stereocenters. The van der Waals surface area contributed by atoms with E-state index in [-0.39, 0.29) is 6.04 Å². The fourth-order valence-corrected chi connectivity index (χ4v) is 2.35. The predicted octanol–water partition coefficient (Wildman–Crippen LogP) is 3.80. The van der Waals surface area contributed by atoms with Crippen molar-refractivity contribution in [1.82, 2.24) is 0 Å². The summed E-state index contributed by atoms with van der Waals surface area (Å²) >= 11 is 0. The van der Waals surface area contributed by atoms with Gasteiger partial charge < -0.3 is 5.73 Å². The minimum absolute atomic E-state index is 0.0466. The Kier molecular flexibility index (Phi) is 4.55. The smallest absolute Gasteiger partial charge is 0.0991 e. The number of benzene rings is 2. The average molecular weight is 264 g/mol. The molecule has 102 valence electrons. The van der Waals surface area contributed by atoms with Crippen LogP contribution in [0.15, 0.2) is 48.5 Å². The molecule has 2 heteroatoms. The van der Waals surface area contributed by atoms with E-state index in [0.717, 1.165) is 12.0 Å². The number of nitrogens with two attached hydrogens (primary N) is 1. The highest BCUT2D eigenvalue weighted by Crippen LogP contribution is 2.24. The molecule has 0 radical (unpaired) electrons. The van der Waals surface area contributed by atoms with Crippen LogP contribution in [0, 0.1) is 17.2 Å². The molecule has 0 fully saturated rings. The SMILES string of the molecule is CC(C)C(N)c1ccccc1Cc1cccc(C#N)c1. The Balaban J connectivity index is 2.32. The van der Waals surface area contributed by atoms with Crippen molar-refractivity contribution in [1.29, 1.82) is 5.26 Å². The lowest BCUT2D eigenvalue weighted by Gasteiger charge is -2.20. The van der Waals surface area contributed by atoms with Crippen LogP contribution in [0.2, 0.25) is 0 Å². The number of rotatable bonds is 4. The van der Waals surface area contributed by atoms with Gasteiger partial charge in [-0.3, -0.25) is 0 Å². The zero-order chi connectivity index (χ0) is 14.5. The summed E-state index contributed by atoms with van der Waals surface area (Å²) in [6.45, 7) is 4.27. The first-order valence-electron chi connectivity index (χ1n) is 6.94. The van der Waals surface area contributed by atoms with E-state index in [0.29, 0.717) is 11.5 Å². The molecule has 0 aliphatic rings. The van der Waals surface area contributed by atoms with Gasteiger partial charge in [-0.25, -0.2) is 0 Å². The van der Waals surface area contributed by atoms with Crippen molar-refractivity contribution in [3.63, 3.8) is 0 Å². The summed E-state index contributed by atoms with van der Waals surface area (Å²) in [6, 6.07) is 18.3. The van der Waals surface area contributed by atoms with Gasteiger partial charge in [0.05, 0.1) is 11.6 Å². The normalized spacial score (nSPS) is 12.2. The summed E-state index contributed by atoms with van der Waals surface area (Å²) in [7, 11) is 0. The molecule has 0 saturated carbocycles. The molecular formula is C18H20N2. The molecule has 0 spiro atoms. The van der Waals surface area contributed by atoms with E-state index >= 15 is 0 Å². The van der Waals surface area contributed by atoms with Crippen LogP contribution in [0.3, 0.4) is 0 Å². The molecule has 2 aromatic carbocycles. The molecule has 0 bridgehead atoms. The summed E-state index contributed by atoms with van der Waals surface area (Å²) in [5.41, 5.74) is 10.6. The number of nitriles is 1. The molecule has 2 aromatic rings. The molecule has 0 aromatic heterocycles. The second-order valence-corrected chi connectivity index (χ2v) is 5.46. The monoisotopic (exact) mass is 264 g/mol. The Labute approximate surface area is 120 Å². The number of hydrogen-bond donors (Lipinski definition) is 1. The highest BCUT2D eigenvalue weighted by atomic mass is 14.6.